The first-order valence-electron chi connectivity index (χ1n) is 5.05. The fourth-order valence-corrected chi connectivity index (χ4v) is 1.74. The summed E-state index contributed by atoms with van der Waals surface area (Å²) in [6.45, 7) is 1.90. The van der Waals surface area contributed by atoms with Crippen molar-refractivity contribution in [3.63, 3.8) is 0 Å². The van der Waals surface area contributed by atoms with Gasteiger partial charge in [0.25, 0.3) is 0 Å². The molecule has 0 saturated carbocycles. The number of carbonyl (C=O) groups excluding carboxylic acids is 1. The van der Waals surface area contributed by atoms with Crippen molar-refractivity contribution in [2.75, 3.05) is 7.11 Å². The van der Waals surface area contributed by atoms with Crippen LogP contribution in [0.3, 0.4) is 0 Å². The Bertz CT molecular complexity index is 558. The molecule has 2 aromatic rings. The number of rotatable bonds is 3. The van der Waals surface area contributed by atoms with Crippen LogP contribution in [0.5, 0.6) is 5.75 Å². The van der Waals surface area contributed by atoms with Crippen LogP contribution in [-0.4, -0.2) is 13.4 Å². The second-order valence-electron chi connectivity index (χ2n) is 3.62. The van der Waals surface area contributed by atoms with Crippen molar-refractivity contribution in [2.45, 2.75) is 6.92 Å². The molecule has 4 heteroatoms. The predicted octanol–water partition coefficient (Wildman–Crippen LogP) is 3.73. The van der Waals surface area contributed by atoms with Crippen molar-refractivity contribution >= 4 is 17.9 Å². The molecule has 0 atom stereocenters. The van der Waals surface area contributed by atoms with E-state index in [0.717, 1.165) is 11.1 Å². The lowest BCUT2D eigenvalue weighted by Gasteiger charge is -2.08. The van der Waals surface area contributed by atoms with E-state index in [4.69, 9.17) is 20.8 Å². The molecule has 0 fully saturated rings. The number of hydrogen-bond donors (Lipinski definition) is 0. The number of ether oxygens (including phenoxy) is 1. The first-order chi connectivity index (χ1) is 8.15. The minimum absolute atomic E-state index is 0.277. The maximum Gasteiger partial charge on any atom is 0.185 e. The maximum absolute atomic E-state index is 10.6. The number of furan rings is 1. The van der Waals surface area contributed by atoms with Gasteiger partial charge in [-0.25, -0.2) is 0 Å². The minimum atomic E-state index is 0.277. The molecule has 0 aliphatic carbocycles. The fraction of sp³-hybridized carbons (Fsp3) is 0.154. The van der Waals surface area contributed by atoms with Crippen LogP contribution in [0.1, 0.15) is 16.1 Å². The van der Waals surface area contributed by atoms with E-state index in [0.29, 0.717) is 22.8 Å². The van der Waals surface area contributed by atoms with Crippen LogP contribution in [0, 0.1) is 6.92 Å². The van der Waals surface area contributed by atoms with Gasteiger partial charge in [0.2, 0.25) is 0 Å². The Morgan fingerprint density at radius 3 is 2.71 bits per heavy atom. The van der Waals surface area contributed by atoms with Crippen LogP contribution >= 0.6 is 11.6 Å². The van der Waals surface area contributed by atoms with Crippen LogP contribution in [0.25, 0.3) is 11.3 Å². The Morgan fingerprint density at radius 1 is 1.35 bits per heavy atom. The van der Waals surface area contributed by atoms with E-state index in [9.17, 15) is 4.79 Å². The average molecular weight is 251 g/mol. The molecule has 0 aliphatic heterocycles. The van der Waals surface area contributed by atoms with Crippen molar-refractivity contribution in [3.8, 4) is 17.1 Å². The van der Waals surface area contributed by atoms with E-state index in [1.165, 1.54) is 0 Å². The molecule has 0 unspecified atom stereocenters. The van der Waals surface area contributed by atoms with Gasteiger partial charge in [0.1, 0.15) is 11.5 Å². The van der Waals surface area contributed by atoms with Crippen LogP contribution in [0.2, 0.25) is 5.02 Å². The van der Waals surface area contributed by atoms with Gasteiger partial charge < -0.3 is 9.15 Å². The Balaban J connectivity index is 2.57. The normalized spacial score (nSPS) is 10.3. The average Bonchev–Trinajstić information content (AvgIpc) is 2.80. The van der Waals surface area contributed by atoms with Gasteiger partial charge in [0, 0.05) is 5.02 Å². The molecular formula is C13H11ClO3. The van der Waals surface area contributed by atoms with E-state index in [-0.39, 0.29) is 5.76 Å². The lowest BCUT2D eigenvalue weighted by Crippen LogP contribution is -1.89. The maximum atomic E-state index is 10.6. The Hall–Kier alpha value is -1.74. The highest BCUT2D eigenvalue weighted by Gasteiger charge is 2.12. The minimum Gasteiger partial charge on any atom is -0.496 e. The van der Waals surface area contributed by atoms with Gasteiger partial charge in [-0.05, 0) is 36.8 Å². The molecular weight excluding hydrogens is 240 g/mol. The Morgan fingerprint density at radius 2 is 2.12 bits per heavy atom. The van der Waals surface area contributed by atoms with E-state index in [1.54, 1.807) is 25.3 Å². The van der Waals surface area contributed by atoms with Crippen LogP contribution in [0.15, 0.2) is 28.7 Å². The van der Waals surface area contributed by atoms with E-state index in [2.05, 4.69) is 0 Å². The molecule has 0 aliphatic rings. The quantitative estimate of drug-likeness (QED) is 0.779. The third kappa shape index (κ3) is 2.19. The first-order valence-corrected chi connectivity index (χ1v) is 5.43. The zero-order chi connectivity index (χ0) is 12.4. The summed E-state index contributed by atoms with van der Waals surface area (Å²) in [4.78, 5) is 10.6. The summed E-state index contributed by atoms with van der Waals surface area (Å²) < 4.78 is 10.6. The number of hydrogen-bond acceptors (Lipinski definition) is 3. The summed E-state index contributed by atoms with van der Waals surface area (Å²) in [5.74, 6) is 1.50. The van der Waals surface area contributed by atoms with Crippen molar-refractivity contribution in [3.05, 3.63) is 40.6 Å². The highest BCUT2D eigenvalue weighted by atomic mass is 35.5. The molecule has 17 heavy (non-hydrogen) atoms. The zero-order valence-corrected chi connectivity index (χ0v) is 10.2. The third-order valence-electron chi connectivity index (χ3n) is 2.49. The number of aldehydes is 1. The number of carbonyl (C=O) groups is 1. The second-order valence-corrected chi connectivity index (χ2v) is 4.03. The van der Waals surface area contributed by atoms with Crippen molar-refractivity contribution in [1.29, 1.82) is 0 Å². The second kappa shape index (κ2) is 4.63. The summed E-state index contributed by atoms with van der Waals surface area (Å²) in [7, 11) is 1.58. The molecule has 88 valence electrons. The SMILES string of the molecule is COc1cc(C)c(Cl)cc1-c1ccc(C=O)o1. The fourth-order valence-electron chi connectivity index (χ4n) is 1.58. The highest BCUT2D eigenvalue weighted by Crippen LogP contribution is 2.35. The Kier molecular flexibility index (Phi) is 3.20. The largest absolute Gasteiger partial charge is 0.496 e. The molecule has 2 rings (SSSR count). The van der Waals surface area contributed by atoms with E-state index < -0.39 is 0 Å². The molecule has 0 saturated heterocycles. The molecule has 3 nitrogen and oxygen atoms in total. The summed E-state index contributed by atoms with van der Waals surface area (Å²) in [5.41, 5.74) is 1.66. The van der Waals surface area contributed by atoms with Gasteiger partial charge in [-0.2, -0.15) is 0 Å². The Labute approximate surface area is 104 Å². The zero-order valence-electron chi connectivity index (χ0n) is 9.49. The van der Waals surface area contributed by atoms with Gasteiger partial charge in [-0.15, -0.1) is 0 Å². The number of methoxy groups -OCH3 is 1. The molecule has 0 bridgehead atoms. The summed E-state index contributed by atoms with van der Waals surface area (Å²) in [5, 5.41) is 0.629. The van der Waals surface area contributed by atoms with E-state index in [1.807, 2.05) is 13.0 Å². The van der Waals surface area contributed by atoms with Gasteiger partial charge in [-0.1, -0.05) is 11.6 Å². The van der Waals surface area contributed by atoms with Crippen molar-refractivity contribution < 1.29 is 13.9 Å². The van der Waals surface area contributed by atoms with Gasteiger partial charge in [0.15, 0.2) is 12.0 Å². The first kappa shape index (κ1) is 11.7. The number of halogens is 1. The third-order valence-corrected chi connectivity index (χ3v) is 2.90. The van der Waals surface area contributed by atoms with Gasteiger partial charge >= 0.3 is 0 Å². The molecule has 1 aromatic heterocycles. The van der Waals surface area contributed by atoms with Gasteiger partial charge in [0.05, 0.1) is 12.7 Å². The van der Waals surface area contributed by atoms with Crippen molar-refractivity contribution in [2.24, 2.45) is 0 Å². The van der Waals surface area contributed by atoms with Gasteiger partial charge in [-0.3, -0.25) is 4.79 Å². The number of aryl methyl sites for hydroxylation is 1. The summed E-state index contributed by atoms with van der Waals surface area (Å²) in [6, 6.07) is 6.92. The van der Waals surface area contributed by atoms with Crippen LogP contribution < -0.4 is 4.74 Å². The van der Waals surface area contributed by atoms with Crippen molar-refractivity contribution in [1.82, 2.24) is 0 Å². The lowest BCUT2D eigenvalue weighted by atomic mass is 10.1. The van der Waals surface area contributed by atoms with Crippen LogP contribution in [0.4, 0.5) is 0 Å². The molecule has 0 spiro atoms. The predicted molar refractivity (Wildman–Crippen MR) is 65.8 cm³/mol. The topological polar surface area (TPSA) is 39.4 Å². The van der Waals surface area contributed by atoms with E-state index >= 15 is 0 Å². The molecule has 0 N–H and O–H groups in total. The monoisotopic (exact) mass is 250 g/mol. The molecule has 1 heterocycles. The summed E-state index contributed by atoms with van der Waals surface area (Å²) >= 11 is 6.07. The molecule has 0 amide bonds. The lowest BCUT2D eigenvalue weighted by molar-refractivity contribution is 0.110. The smallest absolute Gasteiger partial charge is 0.185 e. The summed E-state index contributed by atoms with van der Waals surface area (Å²) in [6.07, 6.45) is 0.659. The molecule has 1 aromatic carbocycles. The van der Waals surface area contributed by atoms with Crippen LogP contribution in [-0.2, 0) is 0 Å². The standard InChI is InChI=1S/C13H11ClO3/c1-8-5-13(16-2)10(6-11(8)14)12-4-3-9(7-15)17-12/h3-7H,1-2H3. The molecule has 0 radical (unpaired) electrons. The number of benzene rings is 1. The highest BCUT2D eigenvalue weighted by molar-refractivity contribution is 6.31.